The molecule has 0 aliphatic heterocycles. The van der Waals surface area contributed by atoms with Crippen LogP contribution < -0.4 is 0 Å². The van der Waals surface area contributed by atoms with Crippen molar-refractivity contribution in [2.45, 2.75) is 153 Å². The molecule has 0 aromatic carbocycles. The summed E-state index contributed by atoms with van der Waals surface area (Å²) in [5.74, 6) is 8.65. The minimum absolute atomic E-state index is 0.498. The number of hydrogen-bond donors (Lipinski definition) is 0. The zero-order chi connectivity index (χ0) is 28.7. The van der Waals surface area contributed by atoms with Gasteiger partial charge in [0, 0.05) is 0 Å². The number of hydrogen-bond acceptors (Lipinski definition) is 0. The van der Waals surface area contributed by atoms with E-state index in [1.807, 2.05) is 0 Å². The lowest BCUT2D eigenvalue weighted by molar-refractivity contribution is -0.353. The minimum Gasteiger partial charge on any atom is -0.0594 e. The molecule has 8 bridgehead atoms. The first-order valence-electron chi connectivity index (χ1n) is 18.4. The Labute approximate surface area is 249 Å². The highest BCUT2D eigenvalue weighted by Crippen LogP contribution is 2.87. The van der Waals surface area contributed by atoms with Crippen LogP contribution in [0.3, 0.4) is 0 Å². The van der Waals surface area contributed by atoms with Crippen LogP contribution in [0.5, 0.6) is 0 Å². The van der Waals surface area contributed by atoms with E-state index in [2.05, 4.69) is 76.2 Å². The molecule has 12 rings (SSSR count). The van der Waals surface area contributed by atoms with Crippen LogP contribution in [0.25, 0.3) is 0 Å². The molecule has 12 unspecified atom stereocenters. The summed E-state index contributed by atoms with van der Waals surface area (Å²) in [6, 6.07) is 0. The molecule has 0 N–H and O–H groups in total. The van der Waals surface area contributed by atoms with E-state index < -0.39 is 0 Å². The Kier molecular flexibility index (Phi) is 5.12. The maximum Gasteiger partial charge on any atom is -0.0168 e. The van der Waals surface area contributed by atoms with Crippen LogP contribution in [0.2, 0.25) is 0 Å². The first-order chi connectivity index (χ1) is 18.4. The van der Waals surface area contributed by atoms with Crippen LogP contribution in [-0.4, -0.2) is 0 Å². The van der Waals surface area contributed by atoms with Gasteiger partial charge in [0.2, 0.25) is 0 Å². The Morgan fingerprint density at radius 3 is 1.10 bits per heavy atom. The van der Waals surface area contributed by atoms with Crippen molar-refractivity contribution < 1.29 is 0 Å². The molecule has 0 aromatic rings. The molecule has 0 amide bonds. The van der Waals surface area contributed by atoms with Crippen LogP contribution in [0.1, 0.15) is 153 Å². The molecule has 226 valence electrons. The molecular formula is C40H66. The largest absolute Gasteiger partial charge is 0.0594 e. The van der Waals surface area contributed by atoms with Crippen LogP contribution in [0.15, 0.2) is 0 Å². The molecule has 0 saturated heterocycles. The molecule has 12 atom stereocenters. The second-order valence-corrected chi connectivity index (χ2v) is 21.3. The van der Waals surface area contributed by atoms with Gasteiger partial charge in [0.25, 0.3) is 0 Å². The van der Waals surface area contributed by atoms with E-state index in [1.54, 1.807) is 38.5 Å². The molecular weight excluding hydrogens is 480 g/mol. The van der Waals surface area contributed by atoms with Crippen molar-refractivity contribution in [2.24, 2.45) is 96.6 Å². The lowest BCUT2D eigenvalue weighted by atomic mass is 9.21. The average Bonchev–Trinajstić information content (AvgIpc) is 2.87. The Hall–Kier alpha value is 0. The number of fused-ring (bicyclic) bond motifs is 9. The normalized spacial score (nSPS) is 59.8. The quantitative estimate of drug-likeness (QED) is 0.329. The lowest BCUT2D eigenvalue weighted by Gasteiger charge is -2.83. The fourth-order valence-electron chi connectivity index (χ4n) is 17.3. The molecule has 0 heteroatoms. The van der Waals surface area contributed by atoms with Gasteiger partial charge in [-0.25, -0.2) is 0 Å². The maximum atomic E-state index is 2.96. The Morgan fingerprint density at radius 2 is 0.750 bits per heavy atom. The Bertz CT molecular complexity index is 1050. The highest BCUT2D eigenvalue weighted by Gasteiger charge is 2.80. The van der Waals surface area contributed by atoms with Crippen LogP contribution in [0, 0.1) is 96.6 Å². The van der Waals surface area contributed by atoms with Gasteiger partial charge in [-0.15, -0.1) is 0 Å². The van der Waals surface area contributed by atoms with Crippen molar-refractivity contribution in [2.75, 3.05) is 0 Å². The molecule has 12 saturated carbocycles. The Balaban J connectivity index is 1.38. The van der Waals surface area contributed by atoms with Crippen molar-refractivity contribution >= 4 is 0 Å². The van der Waals surface area contributed by atoms with Gasteiger partial charge in [-0.2, -0.15) is 0 Å². The van der Waals surface area contributed by atoms with E-state index in [-0.39, 0.29) is 0 Å². The van der Waals surface area contributed by atoms with Crippen molar-refractivity contribution in [1.29, 1.82) is 0 Å². The second-order valence-electron chi connectivity index (χ2n) is 21.3. The summed E-state index contributed by atoms with van der Waals surface area (Å²) in [5, 5.41) is 0. The van der Waals surface area contributed by atoms with E-state index in [9.17, 15) is 0 Å². The van der Waals surface area contributed by atoms with Gasteiger partial charge in [0.05, 0.1) is 0 Å². The molecule has 0 spiro atoms. The monoisotopic (exact) mass is 547 g/mol. The molecule has 12 aliphatic carbocycles. The molecule has 12 aliphatic rings. The highest BCUT2D eigenvalue weighted by atomic mass is 14.8. The van der Waals surface area contributed by atoms with Gasteiger partial charge in [-0.3, -0.25) is 0 Å². The first kappa shape index (κ1) is 27.5. The van der Waals surface area contributed by atoms with Crippen LogP contribution in [0.4, 0.5) is 0 Å². The number of rotatable bonds is 4. The van der Waals surface area contributed by atoms with Crippen LogP contribution >= 0.6 is 0 Å². The summed E-state index contributed by atoms with van der Waals surface area (Å²) in [7, 11) is 0. The average molecular weight is 547 g/mol. The third kappa shape index (κ3) is 2.69. The van der Waals surface area contributed by atoms with Crippen molar-refractivity contribution in [3.8, 4) is 0 Å². The summed E-state index contributed by atoms with van der Waals surface area (Å²) in [6.45, 7) is 30.7. The zero-order valence-electron chi connectivity index (χ0n) is 28.7. The SMILES string of the molecule is CC1(C)C2CCC(C)(C(C3(C)CCC4CC3C4(C)C)C3(C4(C)CCC5CC4C5(C)C)CCC4CC3C4(C)C)C1C2. The molecule has 0 nitrogen and oxygen atoms in total. The van der Waals surface area contributed by atoms with Crippen molar-refractivity contribution in [3.05, 3.63) is 0 Å². The topological polar surface area (TPSA) is 0 Å². The van der Waals surface area contributed by atoms with Gasteiger partial charge in [-0.05, 0) is 174 Å². The van der Waals surface area contributed by atoms with Gasteiger partial charge >= 0.3 is 0 Å². The second kappa shape index (κ2) is 7.44. The predicted molar refractivity (Wildman–Crippen MR) is 169 cm³/mol. The van der Waals surface area contributed by atoms with Gasteiger partial charge in [-0.1, -0.05) is 76.2 Å². The molecule has 12 fully saturated rings. The third-order valence-electron chi connectivity index (χ3n) is 19.7. The van der Waals surface area contributed by atoms with E-state index in [0.717, 1.165) is 53.3 Å². The zero-order valence-corrected chi connectivity index (χ0v) is 28.7. The highest BCUT2D eigenvalue weighted by molar-refractivity contribution is 5.28. The van der Waals surface area contributed by atoms with Gasteiger partial charge < -0.3 is 0 Å². The summed E-state index contributed by atoms with van der Waals surface area (Å²) in [6.07, 6.45) is 18.5. The predicted octanol–water partition coefficient (Wildman–Crippen LogP) is 11.4. The van der Waals surface area contributed by atoms with E-state index in [1.165, 1.54) is 38.5 Å². The molecule has 0 radical (unpaired) electrons. The van der Waals surface area contributed by atoms with E-state index in [4.69, 9.17) is 0 Å². The lowest BCUT2D eigenvalue weighted by Crippen LogP contribution is -2.77. The Morgan fingerprint density at radius 1 is 0.400 bits per heavy atom. The summed E-state index contributed by atoms with van der Waals surface area (Å²) in [4.78, 5) is 0. The first-order valence-corrected chi connectivity index (χ1v) is 18.4. The minimum atomic E-state index is 0.498. The maximum absolute atomic E-state index is 2.96. The summed E-state index contributed by atoms with van der Waals surface area (Å²) < 4.78 is 0. The van der Waals surface area contributed by atoms with E-state index in [0.29, 0.717) is 43.3 Å². The standard InChI is InChI=1S/C40H66/c1-33(2)24-12-16-37(9,28(33)20-24)32(38(10)17-13-25-21-29(38)34(25,3)4)40(19-15-27-23-31(40)36(27,7)8)39(11)18-14-26-22-30(39)35(26,5)6/h24-32H,12-23H2,1-11H3. The van der Waals surface area contributed by atoms with Crippen molar-refractivity contribution in [1.82, 2.24) is 0 Å². The third-order valence-corrected chi connectivity index (χ3v) is 19.7. The fourth-order valence-corrected chi connectivity index (χ4v) is 17.3. The van der Waals surface area contributed by atoms with Crippen LogP contribution in [-0.2, 0) is 0 Å². The molecule has 40 heavy (non-hydrogen) atoms. The van der Waals surface area contributed by atoms with E-state index >= 15 is 0 Å². The van der Waals surface area contributed by atoms with Gasteiger partial charge in [0.1, 0.15) is 0 Å². The van der Waals surface area contributed by atoms with Crippen molar-refractivity contribution in [3.63, 3.8) is 0 Å². The molecule has 0 heterocycles. The van der Waals surface area contributed by atoms with Gasteiger partial charge in [0.15, 0.2) is 0 Å². The fraction of sp³-hybridized carbons (Fsp3) is 1.00. The summed E-state index contributed by atoms with van der Waals surface area (Å²) >= 11 is 0. The molecule has 0 aromatic heterocycles. The summed E-state index contributed by atoms with van der Waals surface area (Å²) in [5.41, 5.74) is 4.21. The smallest absolute Gasteiger partial charge is 0.0168 e.